The highest BCUT2D eigenvalue weighted by Gasteiger charge is 2.28. The molecule has 1 fully saturated rings. The number of carbonyl (C=O) groups excluding carboxylic acids is 1. The molecule has 6 nitrogen and oxygen atoms in total. The molecular weight excluding hydrogens is 374 g/mol. The molecule has 0 aliphatic carbocycles. The molecule has 1 atom stereocenters. The molecule has 0 saturated carbocycles. The SMILES string of the molecule is COc1ccc2nc(NC(=O)N3CCC([C@@H](O)c4ccccc4)CC3)sc2c1. The number of carbonyl (C=O) groups is 1. The minimum atomic E-state index is -0.481. The van der Waals surface area contributed by atoms with Crippen LogP contribution in [0.3, 0.4) is 0 Å². The summed E-state index contributed by atoms with van der Waals surface area (Å²) in [7, 11) is 1.63. The molecule has 3 aromatic rings. The predicted octanol–water partition coefficient (Wildman–Crippen LogP) is 4.28. The fourth-order valence-corrected chi connectivity index (χ4v) is 4.48. The maximum atomic E-state index is 12.6. The Morgan fingerprint density at radius 2 is 2.00 bits per heavy atom. The molecule has 0 radical (unpaired) electrons. The first-order valence-electron chi connectivity index (χ1n) is 9.37. The van der Waals surface area contributed by atoms with Crippen molar-refractivity contribution in [2.24, 2.45) is 5.92 Å². The van der Waals surface area contributed by atoms with Gasteiger partial charge in [-0.3, -0.25) is 5.32 Å². The summed E-state index contributed by atoms with van der Waals surface area (Å²) < 4.78 is 6.20. The molecule has 146 valence electrons. The number of ether oxygens (including phenoxy) is 1. The van der Waals surface area contributed by atoms with Gasteiger partial charge in [0.1, 0.15) is 5.75 Å². The fourth-order valence-electron chi connectivity index (χ4n) is 3.60. The third-order valence-electron chi connectivity index (χ3n) is 5.22. The Morgan fingerprint density at radius 3 is 2.71 bits per heavy atom. The maximum Gasteiger partial charge on any atom is 0.323 e. The number of aliphatic hydroxyl groups excluding tert-OH is 1. The van der Waals surface area contributed by atoms with Gasteiger partial charge in [0.15, 0.2) is 5.13 Å². The van der Waals surface area contributed by atoms with E-state index in [1.165, 1.54) is 11.3 Å². The molecule has 28 heavy (non-hydrogen) atoms. The quantitative estimate of drug-likeness (QED) is 0.689. The Morgan fingerprint density at radius 1 is 1.25 bits per heavy atom. The van der Waals surface area contributed by atoms with Crippen LogP contribution in [-0.4, -0.2) is 41.2 Å². The first-order chi connectivity index (χ1) is 13.6. The number of nitrogens with zero attached hydrogens (tertiary/aromatic N) is 2. The number of hydrogen-bond acceptors (Lipinski definition) is 5. The lowest BCUT2D eigenvalue weighted by Gasteiger charge is -2.34. The summed E-state index contributed by atoms with van der Waals surface area (Å²) in [5.74, 6) is 0.939. The van der Waals surface area contributed by atoms with E-state index in [4.69, 9.17) is 4.74 Å². The summed E-state index contributed by atoms with van der Waals surface area (Å²) in [6, 6.07) is 15.2. The third-order valence-corrected chi connectivity index (χ3v) is 6.16. The molecule has 0 spiro atoms. The van der Waals surface area contributed by atoms with E-state index in [0.29, 0.717) is 18.2 Å². The zero-order valence-corrected chi connectivity index (χ0v) is 16.5. The standard InChI is InChI=1S/C21H23N3O3S/c1-27-16-7-8-17-18(13-16)28-20(22-17)23-21(26)24-11-9-15(10-12-24)19(25)14-5-3-2-4-6-14/h2-8,13,15,19,25H,9-12H2,1H3,(H,22,23,26)/t19-/m0/s1. The van der Waals surface area contributed by atoms with Crippen LogP contribution in [0.5, 0.6) is 5.75 Å². The van der Waals surface area contributed by atoms with Crippen LogP contribution in [0.2, 0.25) is 0 Å². The molecule has 0 bridgehead atoms. The van der Waals surface area contributed by atoms with Crippen LogP contribution in [0.25, 0.3) is 10.2 Å². The molecule has 4 rings (SSSR count). The van der Waals surface area contributed by atoms with Crippen LogP contribution in [0, 0.1) is 5.92 Å². The van der Waals surface area contributed by atoms with E-state index in [9.17, 15) is 9.90 Å². The van der Waals surface area contributed by atoms with Crippen molar-refractivity contribution in [3.8, 4) is 5.75 Å². The minimum absolute atomic E-state index is 0.140. The molecular formula is C21H23N3O3S. The van der Waals surface area contributed by atoms with E-state index < -0.39 is 6.10 Å². The summed E-state index contributed by atoms with van der Waals surface area (Å²) in [5, 5.41) is 14.1. The van der Waals surface area contributed by atoms with Crippen LogP contribution in [0.4, 0.5) is 9.93 Å². The number of rotatable bonds is 4. The Kier molecular flexibility index (Phi) is 5.45. The molecule has 1 saturated heterocycles. The van der Waals surface area contributed by atoms with Crippen molar-refractivity contribution in [1.29, 1.82) is 0 Å². The smallest absolute Gasteiger partial charge is 0.323 e. The minimum Gasteiger partial charge on any atom is -0.497 e. The molecule has 1 aliphatic heterocycles. The van der Waals surface area contributed by atoms with Gasteiger partial charge in [0.05, 0.1) is 23.4 Å². The van der Waals surface area contributed by atoms with Gasteiger partial charge in [0.2, 0.25) is 0 Å². The number of methoxy groups -OCH3 is 1. The van der Waals surface area contributed by atoms with Gasteiger partial charge >= 0.3 is 6.03 Å². The van der Waals surface area contributed by atoms with Gasteiger partial charge in [-0.05, 0) is 42.5 Å². The lowest BCUT2D eigenvalue weighted by atomic mass is 9.87. The highest BCUT2D eigenvalue weighted by atomic mass is 32.1. The lowest BCUT2D eigenvalue weighted by molar-refractivity contribution is 0.0683. The van der Waals surface area contributed by atoms with Crippen LogP contribution < -0.4 is 10.1 Å². The zero-order valence-electron chi connectivity index (χ0n) is 15.7. The van der Waals surface area contributed by atoms with Crippen LogP contribution in [0.1, 0.15) is 24.5 Å². The molecule has 7 heteroatoms. The van der Waals surface area contributed by atoms with E-state index in [1.807, 2.05) is 48.5 Å². The predicted molar refractivity (Wildman–Crippen MR) is 111 cm³/mol. The number of thiazole rings is 1. The molecule has 2 amide bonds. The summed E-state index contributed by atoms with van der Waals surface area (Å²) in [4.78, 5) is 18.9. The number of benzene rings is 2. The van der Waals surface area contributed by atoms with Crippen molar-refractivity contribution in [3.63, 3.8) is 0 Å². The average molecular weight is 398 g/mol. The van der Waals surface area contributed by atoms with Crippen LogP contribution >= 0.6 is 11.3 Å². The second kappa shape index (κ2) is 8.16. The summed E-state index contributed by atoms with van der Waals surface area (Å²) >= 11 is 1.43. The summed E-state index contributed by atoms with van der Waals surface area (Å²) in [6.07, 6.45) is 1.08. The normalized spacial score (nSPS) is 16.1. The number of piperidine rings is 1. The number of aromatic nitrogens is 1. The third kappa shape index (κ3) is 3.95. The van der Waals surface area contributed by atoms with Gasteiger partial charge in [0.25, 0.3) is 0 Å². The van der Waals surface area contributed by atoms with Gasteiger partial charge in [-0.1, -0.05) is 41.7 Å². The second-order valence-electron chi connectivity index (χ2n) is 6.96. The van der Waals surface area contributed by atoms with Gasteiger partial charge < -0.3 is 14.7 Å². The van der Waals surface area contributed by atoms with Gasteiger partial charge in [-0.25, -0.2) is 9.78 Å². The van der Waals surface area contributed by atoms with Crippen molar-refractivity contribution in [3.05, 3.63) is 54.1 Å². The van der Waals surface area contributed by atoms with Crippen molar-refractivity contribution < 1.29 is 14.6 Å². The Balaban J connectivity index is 1.35. The lowest BCUT2D eigenvalue weighted by Crippen LogP contribution is -2.42. The van der Waals surface area contributed by atoms with Crippen molar-refractivity contribution in [1.82, 2.24) is 9.88 Å². The van der Waals surface area contributed by atoms with Gasteiger partial charge in [-0.2, -0.15) is 0 Å². The first-order valence-corrected chi connectivity index (χ1v) is 10.2. The van der Waals surface area contributed by atoms with Crippen LogP contribution in [-0.2, 0) is 0 Å². The second-order valence-corrected chi connectivity index (χ2v) is 7.99. The molecule has 1 aliphatic rings. The van der Waals surface area contributed by atoms with E-state index in [0.717, 1.165) is 34.4 Å². The Labute approximate surface area is 167 Å². The molecule has 2 aromatic carbocycles. The Bertz CT molecular complexity index is 952. The molecule has 2 heterocycles. The van der Waals surface area contributed by atoms with Crippen molar-refractivity contribution in [2.45, 2.75) is 18.9 Å². The number of aliphatic hydroxyl groups is 1. The monoisotopic (exact) mass is 397 g/mol. The average Bonchev–Trinajstić information content (AvgIpc) is 3.15. The number of hydrogen-bond donors (Lipinski definition) is 2. The summed E-state index contributed by atoms with van der Waals surface area (Å²) in [5.41, 5.74) is 1.78. The number of fused-ring (bicyclic) bond motifs is 1. The van der Waals surface area contributed by atoms with Gasteiger partial charge in [-0.15, -0.1) is 0 Å². The molecule has 2 N–H and O–H groups in total. The van der Waals surface area contributed by atoms with Crippen molar-refractivity contribution >= 4 is 32.7 Å². The number of anilines is 1. The number of amides is 2. The highest BCUT2D eigenvalue weighted by Crippen LogP contribution is 2.32. The number of urea groups is 1. The van der Waals surface area contributed by atoms with E-state index in [2.05, 4.69) is 10.3 Å². The highest BCUT2D eigenvalue weighted by molar-refractivity contribution is 7.22. The van der Waals surface area contributed by atoms with Gasteiger partial charge in [0, 0.05) is 13.1 Å². The topological polar surface area (TPSA) is 74.7 Å². The van der Waals surface area contributed by atoms with E-state index in [-0.39, 0.29) is 11.9 Å². The van der Waals surface area contributed by atoms with E-state index >= 15 is 0 Å². The van der Waals surface area contributed by atoms with Crippen LogP contribution in [0.15, 0.2) is 48.5 Å². The maximum absolute atomic E-state index is 12.6. The number of likely N-dealkylation sites (tertiary alicyclic amines) is 1. The number of nitrogens with one attached hydrogen (secondary N) is 1. The van der Waals surface area contributed by atoms with Crippen molar-refractivity contribution in [2.75, 3.05) is 25.5 Å². The zero-order chi connectivity index (χ0) is 19.5. The Hall–Kier alpha value is -2.64. The van der Waals surface area contributed by atoms with E-state index in [1.54, 1.807) is 12.0 Å². The molecule has 0 unspecified atom stereocenters. The largest absolute Gasteiger partial charge is 0.497 e. The fraction of sp³-hybridized carbons (Fsp3) is 0.333. The summed E-state index contributed by atoms with van der Waals surface area (Å²) in [6.45, 7) is 1.25. The first kappa shape index (κ1) is 18.7. The molecule has 1 aromatic heterocycles.